The molecule has 0 spiro atoms. The Kier molecular flexibility index (Phi) is 5.95. The van der Waals surface area contributed by atoms with Gasteiger partial charge in [-0.2, -0.15) is 0 Å². The smallest absolute Gasteiger partial charge is 0.335 e. The molecule has 0 bridgehead atoms. The number of aromatic carboxylic acids is 1. The summed E-state index contributed by atoms with van der Waals surface area (Å²) >= 11 is 0. The minimum Gasteiger partial charge on any atom is -0.478 e. The summed E-state index contributed by atoms with van der Waals surface area (Å²) in [5, 5.41) is 11.9. The van der Waals surface area contributed by atoms with Gasteiger partial charge in [-0.25, -0.2) is 4.79 Å². The van der Waals surface area contributed by atoms with Gasteiger partial charge in [-0.15, -0.1) is 0 Å². The van der Waals surface area contributed by atoms with Gasteiger partial charge in [0.25, 0.3) is 0 Å². The highest BCUT2D eigenvalue weighted by Gasteiger charge is 2.28. The number of carboxylic acid groups (broad SMARTS) is 1. The number of rotatable bonds is 5. The lowest BCUT2D eigenvalue weighted by Crippen LogP contribution is -2.43. The Labute approximate surface area is 141 Å². The Bertz CT molecular complexity index is 642. The Morgan fingerprint density at radius 1 is 1.33 bits per heavy atom. The van der Waals surface area contributed by atoms with Crippen molar-refractivity contribution in [3.63, 3.8) is 0 Å². The van der Waals surface area contributed by atoms with E-state index in [0.717, 1.165) is 24.8 Å². The highest BCUT2D eigenvalue weighted by atomic mass is 16.4. The van der Waals surface area contributed by atoms with Crippen LogP contribution in [-0.2, 0) is 9.59 Å². The first-order valence-corrected chi connectivity index (χ1v) is 8.35. The van der Waals surface area contributed by atoms with Gasteiger partial charge < -0.3 is 15.3 Å². The number of likely N-dealkylation sites (tertiary alicyclic amines) is 1. The molecule has 2 rings (SSSR count). The van der Waals surface area contributed by atoms with Crippen LogP contribution in [0, 0.1) is 12.8 Å². The maximum absolute atomic E-state index is 12.5. The van der Waals surface area contributed by atoms with Crippen LogP contribution in [-0.4, -0.2) is 40.9 Å². The van der Waals surface area contributed by atoms with Crippen LogP contribution in [0.15, 0.2) is 18.2 Å². The Morgan fingerprint density at radius 2 is 2.08 bits per heavy atom. The number of hydrogen-bond donors (Lipinski definition) is 2. The molecule has 130 valence electrons. The van der Waals surface area contributed by atoms with Crippen LogP contribution >= 0.6 is 0 Å². The maximum Gasteiger partial charge on any atom is 0.335 e. The lowest BCUT2D eigenvalue weighted by atomic mass is 9.96. The average Bonchev–Trinajstić information content (AvgIpc) is 2.57. The predicted molar refractivity (Wildman–Crippen MR) is 91.0 cm³/mol. The van der Waals surface area contributed by atoms with E-state index in [1.807, 2.05) is 13.8 Å². The summed E-state index contributed by atoms with van der Waals surface area (Å²) in [5.41, 5.74) is 1.46. The van der Waals surface area contributed by atoms with Crippen LogP contribution in [0.25, 0.3) is 0 Å². The third-order valence-corrected chi connectivity index (χ3v) is 4.35. The zero-order valence-corrected chi connectivity index (χ0v) is 14.2. The van der Waals surface area contributed by atoms with Crippen molar-refractivity contribution in [1.29, 1.82) is 0 Å². The van der Waals surface area contributed by atoms with E-state index < -0.39 is 5.97 Å². The SMILES string of the molecule is CCCC(=O)N1CCCC(C(=O)Nc2cc(C(=O)O)ccc2C)C1. The molecule has 1 unspecified atom stereocenters. The molecule has 1 fully saturated rings. The molecular formula is C18H24N2O4. The third kappa shape index (κ3) is 4.34. The summed E-state index contributed by atoms with van der Waals surface area (Å²) in [4.78, 5) is 37.4. The van der Waals surface area contributed by atoms with Crippen LogP contribution in [0.4, 0.5) is 5.69 Å². The summed E-state index contributed by atoms with van der Waals surface area (Å²) in [5.74, 6) is -1.35. The number of carboxylic acids is 1. The highest BCUT2D eigenvalue weighted by molar-refractivity contribution is 5.96. The molecule has 1 atom stereocenters. The minimum absolute atomic E-state index is 0.0963. The number of nitrogens with one attached hydrogen (secondary N) is 1. The molecule has 0 aliphatic carbocycles. The summed E-state index contributed by atoms with van der Waals surface area (Å²) < 4.78 is 0. The number of aryl methyl sites for hydroxylation is 1. The van der Waals surface area contributed by atoms with Gasteiger partial charge in [-0.05, 0) is 43.9 Å². The molecule has 2 N–H and O–H groups in total. The number of hydrogen-bond acceptors (Lipinski definition) is 3. The summed E-state index contributed by atoms with van der Waals surface area (Å²) in [6.45, 7) is 4.92. The summed E-state index contributed by atoms with van der Waals surface area (Å²) in [7, 11) is 0. The first-order chi connectivity index (χ1) is 11.4. The quantitative estimate of drug-likeness (QED) is 0.868. The second-order valence-corrected chi connectivity index (χ2v) is 6.25. The van der Waals surface area contributed by atoms with Crippen LogP contribution in [0.2, 0.25) is 0 Å². The molecular weight excluding hydrogens is 308 g/mol. The van der Waals surface area contributed by atoms with Crippen molar-refractivity contribution in [1.82, 2.24) is 4.90 Å². The summed E-state index contributed by atoms with van der Waals surface area (Å²) in [6, 6.07) is 4.66. The van der Waals surface area contributed by atoms with E-state index >= 15 is 0 Å². The second kappa shape index (κ2) is 7.95. The number of carbonyl (C=O) groups excluding carboxylic acids is 2. The van der Waals surface area contributed by atoms with Crippen molar-refractivity contribution in [3.8, 4) is 0 Å². The van der Waals surface area contributed by atoms with Gasteiger partial charge >= 0.3 is 5.97 Å². The predicted octanol–water partition coefficient (Wildman–Crippen LogP) is 2.67. The molecule has 24 heavy (non-hydrogen) atoms. The van der Waals surface area contributed by atoms with Crippen molar-refractivity contribution in [2.45, 2.75) is 39.5 Å². The normalized spacial score (nSPS) is 17.4. The van der Waals surface area contributed by atoms with Crippen molar-refractivity contribution in [2.24, 2.45) is 5.92 Å². The minimum atomic E-state index is -1.03. The van der Waals surface area contributed by atoms with Crippen molar-refractivity contribution < 1.29 is 19.5 Å². The van der Waals surface area contributed by atoms with Gasteiger partial charge in [0.05, 0.1) is 11.5 Å². The molecule has 1 aliphatic rings. The van der Waals surface area contributed by atoms with E-state index in [4.69, 9.17) is 5.11 Å². The number of carbonyl (C=O) groups is 3. The number of nitrogens with zero attached hydrogens (tertiary/aromatic N) is 1. The third-order valence-electron chi connectivity index (χ3n) is 4.35. The average molecular weight is 332 g/mol. The molecule has 6 heteroatoms. The first-order valence-electron chi connectivity index (χ1n) is 8.35. The number of benzene rings is 1. The lowest BCUT2D eigenvalue weighted by molar-refractivity contribution is -0.134. The Balaban J connectivity index is 2.05. The van der Waals surface area contributed by atoms with Gasteiger partial charge in [0.1, 0.15) is 0 Å². The fourth-order valence-corrected chi connectivity index (χ4v) is 2.91. The first kappa shape index (κ1) is 18.0. The fourth-order valence-electron chi connectivity index (χ4n) is 2.91. The van der Waals surface area contributed by atoms with Gasteiger partial charge in [0.2, 0.25) is 11.8 Å². The lowest BCUT2D eigenvalue weighted by Gasteiger charge is -2.32. The van der Waals surface area contributed by atoms with E-state index in [9.17, 15) is 14.4 Å². The standard InChI is InChI=1S/C18H24N2O4/c1-3-5-16(21)20-9-4-6-14(11-20)17(22)19-15-10-13(18(23)24)8-7-12(15)2/h7-8,10,14H,3-6,9,11H2,1-2H3,(H,19,22)(H,23,24). The molecule has 2 amide bonds. The van der Waals surface area contributed by atoms with Gasteiger partial charge in [-0.1, -0.05) is 13.0 Å². The van der Waals surface area contributed by atoms with Gasteiger partial charge in [-0.3, -0.25) is 9.59 Å². The number of piperidine rings is 1. The highest BCUT2D eigenvalue weighted by Crippen LogP contribution is 2.22. The molecule has 0 aromatic heterocycles. The maximum atomic E-state index is 12.5. The fraction of sp³-hybridized carbons (Fsp3) is 0.500. The molecule has 1 heterocycles. The van der Waals surface area contributed by atoms with E-state index in [1.165, 1.54) is 12.1 Å². The van der Waals surface area contributed by atoms with Crippen molar-refractivity contribution >= 4 is 23.5 Å². The monoisotopic (exact) mass is 332 g/mol. The topological polar surface area (TPSA) is 86.7 Å². The molecule has 6 nitrogen and oxygen atoms in total. The molecule has 1 aromatic rings. The van der Waals surface area contributed by atoms with E-state index in [2.05, 4.69) is 5.32 Å². The molecule has 0 radical (unpaired) electrons. The van der Waals surface area contributed by atoms with Crippen molar-refractivity contribution in [2.75, 3.05) is 18.4 Å². The number of anilines is 1. The van der Waals surface area contributed by atoms with Gasteiger partial charge in [0, 0.05) is 25.2 Å². The van der Waals surface area contributed by atoms with Crippen LogP contribution < -0.4 is 5.32 Å². The molecule has 0 saturated carbocycles. The van der Waals surface area contributed by atoms with Crippen LogP contribution in [0.5, 0.6) is 0 Å². The zero-order chi connectivity index (χ0) is 17.7. The molecule has 1 saturated heterocycles. The van der Waals surface area contributed by atoms with Gasteiger partial charge in [0.15, 0.2) is 0 Å². The molecule has 1 aromatic carbocycles. The van der Waals surface area contributed by atoms with Crippen molar-refractivity contribution in [3.05, 3.63) is 29.3 Å². The largest absolute Gasteiger partial charge is 0.478 e. The summed E-state index contributed by atoms with van der Waals surface area (Å²) in [6.07, 6.45) is 2.85. The Morgan fingerprint density at radius 3 is 2.75 bits per heavy atom. The van der Waals surface area contributed by atoms with E-state index in [-0.39, 0.29) is 23.3 Å². The van der Waals surface area contributed by atoms with E-state index in [0.29, 0.717) is 25.2 Å². The van der Waals surface area contributed by atoms with E-state index in [1.54, 1.807) is 11.0 Å². The second-order valence-electron chi connectivity index (χ2n) is 6.25. The molecule has 1 aliphatic heterocycles. The zero-order valence-electron chi connectivity index (χ0n) is 14.2. The van der Waals surface area contributed by atoms with Crippen LogP contribution in [0.1, 0.15) is 48.5 Å². The van der Waals surface area contributed by atoms with Crippen LogP contribution in [0.3, 0.4) is 0 Å². The number of amides is 2. The Hall–Kier alpha value is -2.37.